The van der Waals surface area contributed by atoms with Crippen molar-refractivity contribution in [2.24, 2.45) is 13.0 Å². The molecule has 1 amide bonds. The molecule has 2 aromatic rings. The third-order valence-corrected chi connectivity index (χ3v) is 5.03. The van der Waals surface area contributed by atoms with E-state index in [0.717, 1.165) is 29.3 Å². The van der Waals surface area contributed by atoms with Crippen molar-refractivity contribution in [3.8, 4) is 11.5 Å². The van der Waals surface area contributed by atoms with Crippen molar-refractivity contribution in [2.45, 2.75) is 26.0 Å². The summed E-state index contributed by atoms with van der Waals surface area (Å²) in [7, 11) is 1.90. The van der Waals surface area contributed by atoms with E-state index in [-0.39, 0.29) is 17.9 Å². The summed E-state index contributed by atoms with van der Waals surface area (Å²) in [6.07, 6.45) is 0.561. The zero-order valence-electron chi connectivity index (χ0n) is 15.8. The highest BCUT2D eigenvalue weighted by atomic mass is 16.6. The summed E-state index contributed by atoms with van der Waals surface area (Å²) in [4.78, 5) is 15.0. The van der Waals surface area contributed by atoms with Crippen molar-refractivity contribution in [3.63, 3.8) is 0 Å². The molecule has 4 rings (SSSR count). The van der Waals surface area contributed by atoms with Crippen LogP contribution >= 0.6 is 0 Å². The Bertz CT molecular complexity index is 813. The molecule has 0 N–H and O–H groups in total. The van der Waals surface area contributed by atoms with Gasteiger partial charge in [-0.25, -0.2) is 0 Å². The Morgan fingerprint density at radius 1 is 1.30 bits per heavy atom. The molecule has 1 aromatic carbocycles. The summed E-state index contributed by atoms with van der Waals surface area (Å²) < 4.78 is 19.1. The van der Waals surface area contributed by atoms with Gasteiger partial charge >= 0.3 is 0 Å². The lowest BCUT2D eigenvalue weighted by molar-refractivity contribution is -0.137. The number of hydrogen-bond donors (Lipinski definition) is 0. The number of aromatic nitrogens is 2. The van der Waals surface area contributed by atoms with Gasteiger partial charge in [-0.1, -0.05) is 12.1 Å². The Hall–Kier alpha value is -2.54. The normalized spacial score (nSPS) is 21.3. The minimum atomic E-state index is -0.208. The molecule has 0 radical (unpaired) electrons. The second-order valence-corrected chi connectivity index (χ2v) is 7.18. The molecule has 0 bridgehead atoms. The Morgan fingerprint density at radius 2 is 2.11 bits per heavy atom. The minimum absolute atomic E-state index is 0.0869. The first-order valence-electron chi connectivity index (χ1n) is 9.34. The molecule has 1 saturated heterocycles. The van der Waals surface area contributed by atoms with Crippen LogP contribution in [0.4, 0.5) is 0 Å². The lowest BCUT2D eigenvalue weighted by atomic mass is 10.1. The Balaban J connectivity index is 1.51. The molecule has 27 heavy (non-hydrogen) atoms. The van der Waals surface area contributed by atoms with Gasteiger partial charge in [0.25, 0.3) is 0 Å². The average Bonchev–Trinajstić information content (AvgIpc) is 3.30. The summed E-state index contributed by atoms with van der Waals surface area (Å²) in [6.45, 7) is 4.47. The van der Waals surface area contributed by atoms with Crippen LogP contribution in [0.3, 0.4) is 0 Å². The van der Waals surface area contributed by atoms with Gasteiger partial charge in [-0.3, -0.25) is 9.48 Å². The maximum absolute atomic E-state index is 13.1. The summed E-state index contributed by atoms with van der Waals surface area (Å²) in [5, 5.41) is 4.40. The average molecular weight is 371 g/mol. The van der Waals surface area contributed by atoms with Crippen LogP contribution in [0.15, 0.2) is 30.3 Å². The quantitative estimate of drug-likeness (QED) is 0.804. The predicted octanol–water partition coefficient (Wildman–Crippen LogP) is 1.93. The van der Waals surface area contributed by atoms with E-state index >= 15 is 0 Å². The maximum Gasteiger partial charge on any atom is 0.228 e. The molecule has 144 valence electrons. The predicted molar refractivity (Wildman–Crippen MR) is 98.6 cm³/mol. The number of nitrogens with zero attached hydrogens (tertiary/aromatic N) is 3. The van der Waals surface area contributed by atoms with E-state index in [0.29, 0.717) is 32.9 Å². The number of aryl methyl sites for hydroxylation is 2. The summed E-state index contributed by atoms with van der Waals surface area (Å²) in [5.41, 5.74) is 1.94. The van der Waals surface area contributed by atoms with Crippen LogP contribution < -0.4 is 9.47 Å². The fourth-order valence-corrected chi connectivity index (χ4v) is 3.63. The zero-order valence-corrected chi connectivity index (χ0v) is 15.8. The smallest absolute Gasteiger partial charge is 0.228 e. The van der Waals surface area contributed by atoms with Gasteiger partial charge in [0.05, 0.1) is 37.0 Å². The number of fused-ring (bicyclic) bond motifs is 1. The van der Waals surface area contributed by atoms with E-state index in [1.54, 1.807) is 0 Å². The fourth-order valence-electron chi connectivity index (χ4n) is 3.63. The number of para-hydroxylation sites is 2. The van der Waals surface area contributed by atoms with E-state index in [1.807, 2.05) is 53.9 Å². The van der Waals surface area contributed by atoms with Crippen LogP contribution in [0.5, 0.6) is 11.5 Å². The number of amides is 1. The number of benzene rings is 1. The molecule has 0 unspecified atom stereocenters. The number of ether oxygens (including phenoxy) is 3. The number of carbonyl (C=O) groups excluding carboxylic acids is 1. The first-order valence-corrected chi connectivity index (χ1v) is 9.34. The van der Waals surface area contributed by atoms with Crippen LogP contribution in [-0.2, 0) is 23.1 Å². The Labute approximate surface area is 158 Å². The molecule has 1 fully saturated rings. The van der Waals surface area contributed by atoms with E-state index in [2.05, 4.69) is 5.10 Å². The van der Waals surface area contributed by atoms with E-state index < -0.39 is 0 Å². The molecule has 0 spiro atoms. The van der Waals surface area contributed by atoms with Crippen molar-refractivity contribution < 1.29 is 19.0 Å². The summed E-state index contributed by atoms with van der Waals surface area (Å²) in [6, 6.07) is 9.63. The lowest BCUT2D eigenvalue weighted by Gasteiger charge is -2.32. The van der Waals surface area contributed by atoms with E-state index in [9.17, 15) is 4.79 Å². The van der Waals surface area contributed by atoms with Gasteiger partial charge in [-0.05, 0) is 31.5 Å². The van der Waals surface area contributed by atoms with Crippen LogP contribution in [0, 0.1) is 12.8 Å². The summed E-state index contributed by atoms with van der Waals surface area (Å²) >= 11 is 0. The van der Waals surface area contributed by atoms with E-state index in [1.165, 1.54) is 0 Å². The van der Waals surface area contributed by atoms with Crippen LogP contribution in [-0.4, -0.2) is 53.1 Å². The number of hydrogen-bond acceptors (Lipinski definition) is 5. The second-order valence-electron chi connectivity index (χ2n) is 7.18. The van der Waals surface area contributed by atoms with Gasteiger partial charge in [0.15, 0.2) is 17.6 Å². The molecular formula is C20H25N3O4. The van der Waals surface area contributed by atoms with Crippen LogP contribution in [0.1, 0.15) is 17.8 Å². The van der Waals surface area contributed by atoms with Gasteiger partial charge in [0.1, 0.15) is 6.61 Å². The van der Waals surface area contributed by atoms with Gasteiger partial charge in [-0.2, -0.15) is 5.10 Å². The van der Waals surface area contributed by atoms with Gasteiger partial charge < -0.3 is 19.1 Å². The zero-order chi connectivity index (χ0) is 18.8. The molecular weight excluding hydrogens is 346 g/mol. The molecule has 0 saturated carbocycles. The molecule has 0 aliphatic carbocycles. The first kappa shape index (κ1) is 17.9. The monoisotopic (exact) mass is 371 g/mol. The SMILES string of the molecule is Cc1cc(CN(C[C@H]2COc3ccccc3O2)C(=O)[C@H]2CCOC2)n(C)n1. The second kappa shape index (κ2) is 7.60. The van der Waals surface area contributed by atoms with Gasteiger partial charge in [0, 0.05) is 13.7 Å². The first-order chi connectivity index (χ1) is 13.1. The van der Waals surface area contributed by atoms with Crippen molar-refractivity contribution in [1.29, 1.82) is 0 Å². The molecule has 3 heterocycles. The molecule has 2 atom stereocenters. The van der Waals surface area contributed by atoms with Crippen molar-refractivity contribution in [1.82, 2.24) is 14.7 Å². The molecule has 1 aromatic heterocycles. The fraction of sp³-hybridized carbons (Fsp3) is 0.500. The van der Waals surface area contributed by atoms with Crippen LogP contribution in [0.25, 0.3) is 0 Å². The highest BCUT2D eigenvalue weighted by Gasteiger charge is 2.32. The Morgan fingerprint density at radius 3 is 2.81 bits per heavy atom. The van der Waals surface area contributed by atoms with Gasteiger partial charge in [-0.15, -0.1) is 0 Å². The Kier molecular flexibility index (Phi) is 5.03. The third-order valence-electron chi connectivity index (χ3n) is 5.03. The van der Waals surface area contributed by atoms with Gasteiger partial charge in [0.2, 0.25) is 5.91 Å². The largest absolute Gasteiger partial charge is 0.486 e. The van der Waals surface area contributed by atoms with Crippen molar-refractivity contribution in [2.75, 3.05) is 26.4 Å². The number of carbonyl (C=O) groups is 1. The lowest BCUT2D eigenvalue weighted by Crippen LogP contribution is -2.45. The highest BCUT2D eigenvalue weighted by Crippen LogP contribution is 2.31. The van der Waals surface area contributed by atoms with Crippen molar-refractivity contribution >= 4 is 5.91 Å². The van der Waals surface area contributed by atoms with Crippen molar-refractivity contribution in [3.05, 3.63) is 41.7 Å². The summed E-state index contributed by atoms with van der Waals surface area (Å²) in [5.74, 6) is 1.49. The maximum atomic E-state index is 13.1. The number of rotatable bonds is 5. The minimum Gasteiger partial charge on any atom is -0.486 e. The van der Waals surface area contributed by atoms with Crippen LogP contribution in [0.2, 0.25) is 0 Å². The third kappa shape index (κ3) is 3.93. The molecule has 2 aliphatic rings. The molecule has 7 nitrogen and oxygen atoms in total. The van der Waals surface area contributed by atoms with E-state index in [4.69, 9.17) is 14.2 Å². The molecule has 2 aliphatic heterocycles. The molecule has 7 heteroatoms. The topological polar surface area (TPSA) is 65.8 Å². The standard InChI is InChI=1S/C20H25N3O4/c1-14-9-16(22(2)21-14)10-23(20(24)15-7-8-25-12-15)11-17-13-26-18-5-3-4-6-19(18)27-17/h3-6,9,15,17H,7-8,10-13H2,1-2H3/t15-,17-/m0/s1. The highest BCUT2D eigenvalue weighted by molar-refractivity contribution is 5.79.